The molecule has 0 amide bonds. The van der Waals surface area contributed by atoms with Gasteiger partial charge in [-0.3, -0.25) is 0 Å². The van der Waals surface area contributed by atoms with Gasteiger partial charge in [0, 0.05) is 12.1 Å². The Labute approximate surface area is 94.1 Å². The van der Waals surface area contributed by atoms with Crippen molar-refractivity contribution in [2.75, 3.05) is 0 Å². The number of halogens is 6. The van der Waals surface area contributed by atoms with E-state index in [9.17, 15) is 22.0 Å². The molecule has 0 unspecified atom stereocenters. The first-order chi connectivity index (χ1) is 7.23. The molecule has 1 aromatic carbocycles. The number of hydrogen-bond donors (Lipinski definition) is 0. The zero-order valence-corrected chi connectivity index (χ0v) is 8.82. The molecular weight excluding hydrogens is 303 g/mol. The van der Waals surface area contributed by atoms with Crippen LogP contribution in [-0.2, 0) is 0 Å². The average molecular weight is 305 g/mol. The number of hydrogen-bond acceptors (Lipinski definition) is 2. The molecule has 2 nitrogen and oxygen atoms in total. The molecule has 1 aliphatic rings. The minimum atomic E-state index is -4.83. The summed E-state index contributed by atoms with van der Waals surface area (Å²) in [5, 5.41) is 0. The van der Waals surface area contributed by atoms with Crippen molar-refractivity contribution in [3.05, 3.63) is 22.4 Å². The van der Waals surface area contributed by atoms with E-state index < -0.39 is 29.5 Å². The van der Waals surface area contributed by atoms with Crippen molar-refractivity contribution >= 4 is 15.9 Å². The molecule has 16 heavy (non-hydrogen) atoms. The second kappa shape index (κ2) is 3.22. The molecule has 1 aliphatic heterocycles. The van der Waals surface area contributed by atoms with Gasteiger partial charge in [0.15, 0.2) is 11.5 Å². The van der Waals surface area contributed by atoms with Crippen molar-refractivity contribution in [1.82, 2.24) is 0 Å². The van der Waals surface area contributed by atoms with E-state index in [-0.39, 0.29) is 4.47 Å². The highest BCUT2D eigenvalue weighted by molar-refractivity contribution is 9.10. The van der Waals surface area contributed by atoms with Crippen LogP contribution in [0, 0.1) is 5.82 Å². The van der Waals surface area contributed by atoms with Gasteiger partial charge >= 0.3 is 12.2 Å². The first-order valence-corrected chi connectivity index (χ1v) is 4.65. The van der Waals surface area contributed by atoms with Crippen LogP contribution in [0.25, 0.3) is 0 Å². The Balaban J connectivity index is 2.52. The van der Waals surface area contributed by atoms with E-state index in [1.807, 2.05) is 0 Å². The Hall–Kier alpha value is -1.05. The maximum atomic E-state index is 12.9. The number of ether oxygens (including phenoxy) is 2. The summed E-state index contributed by atoms with van der Waals surface area (Å²) >= 11 is 2.70. The van der Waals surface area contributed by atoms with Gasteiger partial charge in [0.1, 0.15) is 5.82 Å². The molecule has 0 N–H and O–H groups in total. The molecule has 0 bridgehead atoms. The SMILES string of the molecule is Fc1cc2c(cc1Br)OC(F)(F)C(F)(F)O2. The Morgan fingerprint density at radius 3 is 1.88 bits per heavy atom. The minimum absolute atomic E-state index is 0.198. The topological polar surface area (TPSA) is 18.5 Å². The van der Waals surface area contributed by atoms with E-state index in [1.165, 1.54) is 0 Å². The van der Waals surface area contributed by atoms with Crippen LogP contribution >= 0.6 is 15.9 Å². The fourth-order valence-electron chi connectivity index (χ4n) is 1.06. The highest BCUT2D eigenvalue weighted by Crippen LogP contribution is 2.47. The van der Waals surface area contributed by atoms with E-state index in [0.717, 1.165) is 6.07 Å². The molecule has 0 aromatic heterocycles. The molecule has 8 heteroatoms. The predicted octanol–water partition coefficient (Wildman–Crippen LogP) is 3.54. The summed E-state index contributed by atoms with van der Waals surface area (Å²) in [6.07, 6.45) is -9.63. The number of benzene rings is 1. The normalized spacial score (nSPS) is 20.6. The van der Waals surface area contributed by atoms with Crippen molar-refractivity contribution in [3.8, 4) is 11.5 Å². The zero-order chi connectivity index (χ0) is 12.1. The van der Waals surface area contributed by atoms with E-state index in [1.54, 1.807) is 0 Å². The van der Waals surface area contributed by atoms with E-state index in [2.05, 4.69) is 25.4 Å². The van der Waals surface area contributed by atoms with Crippen molar-refractivity contribution in [2.45, 2.75) is 12.2 Å². The smallest absolute Gasteiger partial charge is 0.421 e. The Morgan fingerprint density at radius 1 is 0.938 bits per heavy atom. The molecule has 0 spiro atoms. The van der Waals surface area contributed by atoms with Crippen LogP contribution in [0.4, 0.5) is 22.0 Å². The lowest BCUT2D eigenvalue weighted by Crippen LogP contribution is -2.52. The lowest BCUT2D eigenvalue weighted by atomic mass is 10.3. The van der Waals surface area contributed by atoms with Crippen LogP contribution in [0.5, 0.6) is 11.5 Å². The van der Waals surface area contributed by atoms with Gasteiger partial charge in [-0.05, 0) is 15.9 Å². The number of alkyl halides is 4. The number of rotatable bonds is 0. The van der Waals surface area contributed by atoms with Gasteiger partial charge in [0.25, 0.3) is 0 Å². The quantitative estimate of drug-likeness (QED) is 0.683. The van der Waals surface area contributed by atoms with E-state index >= 15 is 0 Å². The molecule has 0 fully saturated rings. The van der Waals surface area contributed by atoms with Crippen molar-refractivity contribution < 1.29 is 31.4 Å². The van der Waals surface area contributed by atoms with Crippen LogP contribution in [-0.4, -0.2) is 12.2 Å². The lowest BCUT2D eigenvalue weighted by molar-refractivity contribution is -0.391. The molecule has 1 aromatic rings. The lowest BCUT2D eigenvalue weighted by Gasteiger charge is -2.31. The monoisotopic (exact) mass is 304 g/mol. The maximum absolute atomic E-state index is 12.9. The first kappa shape index (κ1) is 11.4. The molecule has 0 saturated carbocycles. The summed E-state index contributed by atoms with van der Waals surface area (Å²) in [6.45, 7) is 0. The Morgan fingerprint density at radius 2 is 1.38 bits per heavy atom. The second-order valence-electron chi connectivity index (χ2n) is 2.95. The standard InChI is InChI=1S/C8H2BrF5O2/c9-3-1-5-6(2-4(3)10)16-8(13,14)7(11,12)15-5/h1-2H. The maximum Gasteiger partial charge on any atom is 0.507 e. The fourth-order valence-corrected chi connectivity index (χ4v) is 1.39. The fraction of sp³-hybridized carbons (Fsp3) is 0.250. The molecule has 0 atom stereocenters. The molecule has 0 saturated heterocycles. The van der Waals surface area contributed by atoms with Crippen molar-refractivity contribution in [1.29, 1.82) is 0 Å². The molecule has 0 radical (unpaired) electrons. The summed E-state index contributed by atoms with van der Waals surface area (Å²) < 4.78 is 70.9. The van der Waals surface area contributed by atoms with Crippen molar-refractivity contribution in [2.24, 2.45) is 0 Å². The summed E-state index contributed by atoms with van der Waals surface area (Å²) in [5.41, 5.74) is 0. The molecule has 1 heterocycles. The Kier molecular flexibility index (Phi) is 2.30. The third-order valence-corrected chi connectivity index (χ3v) is 2.41. The summed E-state index contributed by atoms with van der Waals surface area (Å²) in [4.78, 5) is 0. The predicted molar refractivity (Wildman–Crippen MR) is 45.2 cm³/mol. The third-order valence-electron chi connectivity index (χ3n) is 1.80. The Bertz CT molecular complexity index is 407. The van der Waals surface area contributed by atoms with Gasteiger partial charge < -0.3 is 9.47 Å². The van der Waals surface area contributed by atoms with Gasteiger partial charge in [-0.2, -0.15) is 17.6 Å². The molecule has 2 rings (SSSR count). The molecule has 88 valence electrons. The number of fused-ring (bicyclic) bond motifs is 1. The highest BCUT2D eigenvalue weighted by atomic mass is 79.9. The minimum Gasteiger partial charge on any atom is -0.421 e. The summed E-state index contributed by atoms with van der Waals surface area (Å²) in [7, 11) is 0. The highest BCUT2D eigenvalue weighted by Gasteiger charge is 2.66. The summed E-state index contributed by atoms with van der Waals surface area (Å²) in [6, 6.07) is 1.32. The zero-order valence-electron chi connectivity index (χ0n) is 7.24. The largest absolute Gasteiger partial charge is 0.507 e. The van der Waals surface area contributed by atoms with Crippen LogP contribution < -0.4 is 9.47 Å². The van der Waals surface area contributed by atoms with Gasteiger partial charge in [0.05, 0.1) is 4.47 Å². The van der Waals surface area contributed by atoms with Gasteiger partial charge in [0.2, 0.25) is 0 Å². The van der Waals surface area contributed by atoms with Gasteiger partial charge in [-0.1, -0.05) is 0 Å². The van der Waals surface area contributed by atoms with Crippen molar-refractivity contribution in [3.63, 3.8) is 0 Å². The van der Waals surface area contributed by atoms with E-state index in [4.69, 9.17) is 0 Å². The van der Waals surface area contributed by atoms with E-state index in [0.29, 0.717) is 6.07 Å². The van der Waals surface area contributed by atoms with Crippen LogP contribution in [0.15, 0.2) is 16.6 Å². The van der Waals surface area contributed by atoms with Crippen LogP contribution in [0.1, 0.15) is 0 Å². The first-order valence-electron chi connectivity index (χ1n) is 3.86. The molecular formula is C8H2BrF5O2. The third kappa shape index (κ3) is 1.60. The van der Waals surface area contributed by atoms with Crippen LogP contribution in [0.3, 0.4) is 0 Å². The summed E-state index contributed by atoms with van der Waals surface area (Å²) in [5.74, 6) is -2.37. The average Bonchev–Trinajstić information content (AvgIpc) is 2.10. The van der Waals surface area contributed by atoms with Gasteiger partial charge in [-0.15, -0.1) is 0 Å². The van der Waals surface area contributed by atoms with Crippen LogP contribution in [0.2, 0.25) is 0 Å². The second-order valence-corrected chi connectivity index (χ2v) is 3.81. The van der Waals surface area contributed by atoms with Gasteiger partial charge in [-0.25, -0.2) is 4.39 Å². The molecule has 0 aliphatic carbocycles.